The summed E-state index contributed by atoms with van der Waals surface area (Å²) < 4.78 is 18.6. The summed E-state index contributed by atoms with van der Waals surface area (Å²) in [6.07, 6.45) is 1.07. The van der Waals surface area contributed by atoms with E-state index in [0.29, 0.717) is 6.54 Å². The van der Waals surface area contributed by atoms with Crippen molar-refractivity contribution in [2.45, 2.75) is 19.4 Å². The van der Waals surface area contributed by atoms with Crippen LogP contribution in [-0.4, -0.2) is 82.3 Å². The Morgan fingerprint density at radius 2 is 1.93 bits per heavy atom. The molecule has 1 atom stereocenters. The number of halogens is 1. The summed E-state index contributed by atoms with van der Waals surface area (Å²) in [5.74, 6) is 0.614. The number of guanidine groups is 1. The fourth-order valence-corrected chi connectivity index (χ4v) is 3.11. The van der Waals surface area contributed by atoms with Crippen molar-refractivity contribution in [1.82, 2.24) is 20.4 Å². The highest BCUT2D eigenvalue weighted by Gasteiger charge is 2.14. The van der Waals surface area contributed by atoms with Crippen LogP contribution in [0.2, 0.25) is 0 Å². The second-order valence-electron chi connectivity index (χ2n) is 6.98. The van der Waals surface area contributed by atoms with Crippen LogP contribution in [0.25, 0.3) is 0 Å². The molecule has 2 rings (SSSR count). The topological polar surface area (TPSA) is 52.1 Å². The molecule has 7 heteroatoms. The Labute approximate surface area is 162 Å². The summed E-state index contributed by atoms with van der Waals surface area (Å²) >= 11 is 0. The van der Waals surface area contributed by atoms with Gasteiger partial charge in [0.25, 0.3) is 0 Å². The molecule has 2 N–H and O–H groups in total. The molecule has 1 unspecified atom stereocenters. The summed E-state index contributed by atoms with van der Waals surface area (Å²) in [4.78, 5) is 9.29. The van der Waals surface area contributed by atoms with Gasteiger partial charge in [-0.05, 0) is 51.7 Å². The fraction of sp³-hybridized carbons (Fsp3) is 0.650. The second-order valence-corrected chi connectivity index (χ2v) is 6.98. The maximum absolute atomic E-state index is 13.2. The third-order valence-corrected chi connectivity index (χ3v) is 4.69. The normalized spacial score (nSPS) is 17.1. The van der Waals surface area contributed by atoms with Crippen molar-refractivity contribution in [2.24, 2.45) is 4.99 Å². The molecule has 27 heavy (non-hydrogen) atoms. The minimum Gasteiger partial charge on any atom is -0.379 e. The summed E-state index contributed by atoms with van der Waals surface area (Å²) in [5, 5.41) is 6.72. The molecule has 0 bridgehead atoms. The first-order valence-electron chi connectivity index (χ1n) is 9.84. The van der Waals surface area contributed by atoms with Gasteiger partial charge in [0, 0.05) is 26.2 Å². The summed E-state index contributed by atoms with van der Waals surface area (Å²) in [6.45, 7) is 9.18. The summed E-state index contributed by atoms with van der Waals surface area (Å²) in [5.41, 5.74) is 1.06. The largest absolute Gasteiger partial charge is 0.379 e. The number of aliphatic imine (C=N–C) groups is 1. The van der Waals surface area contributed by atoms with Crippen molar-refractivity contribution in [2.75, 3.05) is 66.6 Å². The highest BCUT2D eigenvalue weighted by Crippen LogP contribution is 2.18. The zero-order valence-corrected chi connectivity index (χ0v) is 16.9. The van der Waals surface area contributed by atoms with E-state index in [4.69, 9.17) is 9.73 Å². The van der Waals surface area contributed by atoms with Gasteiger partial charge in [-0.3, -0.25) is 9.89 Å². The molecular formula is C20H34FN5O. The number of nitrogens with one attached hydrogen (secondary N) is 2. The van der Waals surface area contributed by atoms with E-state index in [1.807, 2.05) is 26.2 Å². The Morgan fingerprint density at radius 1 is 1.22 bits per heavy atom. The van der Waals surface area contributed by atoms with Crippen LogP contribution in [0.15, 0.2) is 29.3 Å². The van der Waals surface area contributed by atoms with Crippen molar-refractivity contribution in [3.05, 3.63) is 35.6 Å². The molecule has 1 saturated heterocycles. The average molecular weight is 380 g/mol. The number of benzene rings is 1. The molecule has 0 amide bonds. The van der Waals surface area contributed by atoms with E-state index in [1.54, 1.807) is 0 Å². The van der Waals surface area contributed by atoms with Gasteiger partial charge in [-0.1, -0.05) is 12.1 Å². The smallest absolute Gasteiger partial charge is 0.191 e. The van der Waals surface area contributed by atoms with Crippen molar-refractivity contribution >= 4 is 5.96 Å². The Morgan fingerprint density at radius 3 is 2.56 bits per heavy atom. The molecule has 0 aromatic heterocycles. The van der Waals surface area contributed by atoms with Crippen molar-refractivity contribution < 1.29 is 9.13 Å². The molecule has 1 aromatic carbocycles. The molecular weight excluding hydrogens is 345 g/mol. The number of rotatable bonds is 9. The quantitative estimate of drug-likeness (QED) is 0.389. The minimum absolute atomic E-state index is 0.106. The highest BCUT2D eigenvalue weighted by molar-refractivity contribution is 5.79. The van der Waals surface area contributed by atoms with Crippen LogP contribution in [0.1, 0.15) is 24.9 Å². The molecule has 1 heterocycles. The Hall–Kier alpha value is -1.70. The van der Waals surface area contributed by atoms with E-state index >= 15 is 0 Å². The predicted octanol–water partition coefficient (Wildman–Crippen LogP) is 1.71. The summed E-state index contributed by atoms with van der Waals surface area (Å²) in [7, 11) is 4.04. The highest BCUT2D eigenvalue weighted by atomic mass is 19.1. The van der Waals surface area contributed by atoms with Crippen LogP contribution in [0, 0.1) is 5.82 Å². The standard InChI is InChI=1S/C20H34FN5O/c1-4-22-20(23-10-5-11-26-12-14-27-15-13-26)24-16-19(25(2)3)17-6-8-18(21)9-7-17/h6-9,19H,4-5,10-16H2,1-3H3,(H2,22,23,24). The molecule has 1 aliphatic rings. The van der Waals surface area contributed by atoms with E-state index < -0.39 is 0 Å². The predicted molar refractivity (Wildman–Crippen MR) is 109 cm³/mol. The van der Waals surface area contributed by atoms with E-state index in [2.05, 4.69) is 27.4 Å². The molecule has 152 valence electrons. The molecule has 0 spiro atoms. The van der Waals surface area contributed by atoms with E-state index in [9.17, 15) is 4.39 Å². The van der Waals surface area contributed by atoms with Gasteiger partial charge in [-0.15, -0.1) is 0 Å². The minimum atomic E-state index is -0.213. The van der Waals surface area contributed by atoms with Crippen LogP contribution in [0.3, 0.4) is 0 Å². The lowest BCUT2D eigenvalue weighted by Gasteiger charge is -2.26. The summed E-state index contributed by atoms with van der Waals surface area (Å²) in [6, 6.07) is 6.78. The Balaban J connectivity index is 1.85. The lowest BCUT2D eigenvalue weighted by Crippen LogP contribution is -2.41. The SMILES string of the molecule is CCNC(=NCC(c1ccc(F)cc1)N(C)C)NCCCN1CCOCC1. The molecule has 1 fully saturated rings. The van der Waals surface area contributed by atoms with Crippen LogP contribution < -0.4 is 10.6 Å². The van der Waals surface area contributed by atoms with E-state index in [0.717, 1.165) is 63.9 Å². The van der Waals surface area contributed by atoms with Crippen molar-refractivity contribution in [3.8, 4) is 0 Å². The van der Waals surface area contributed by atoms with Gasteiger partial charge >= 0.3 is 0 Å². The number of nitrogens with zero attached hydrogens (tertiary/aromatic N) is 3. The first kappa shape index (κ1) is 21.6. The third-order valence-electron chi connectivity index (χ3n) is 4.69. The van der Waals surface area contributed by atoms with Gasteiger partial charge in [-0.25, -0.2) is 4.39 Å². The van der Waals surface area contributed by atoms with E-state index in [-0.39, 0.29) is 11.9 Å². The lowest BCUT2D eigenvalue weighted by molar-refractivity contribution is 0.0376. The van der Waals surface area contributed by atoms with Crippen LogP contribution in [0.4, 0.5) is 4.39 Å². The van der Waals surface area contributed by atoms with Crippen LogP contribution in [-0.2, 0) is 4.74 Å². The fourth-order valence-electron chi connectivity index (χ4n) is 3.11. The monoisotopic (exact) mass is 379 g/mol. The van der Waals surface area contributed by atoms with Gasteiger partial charge in [0.2, 0.25) is 0 Å². The zero-order valence-electron chi connectivity index (χ0n) is 16.9. The Bertz CT molecular complexity index is 558. The maximum Gasteiger partial charge on any atom is 0.191 e. The molecule has 1 aliphatic heterocycles. The second kappa shape index (κ2) is 11.9. The van der Waals surface area contributed by atoms with Gasteiger partial charge < -0.3 is 20.3 Å². The lowest BCUT2D eigenvalue weighted by atomic mass is 10.1. The first-order valence-corrected chi connectivity index (χ1v) is 9.84. The average Bonchev–Trinajstić information content (AvgIpc) is 2.67. The third kappa shape index (κ3) is 7.82. The van der Waals surface area contributed by atoms with Crippen molar-refractivity contribution in [3.63, 3.8) is 0 Å². The Kier molecular flexibility index (Phi) is 9.52. The van der Waals surface area contributed by atoms with Gasteiger partial charge in [0.15, 0.2) is 5.96 Å². The first-order chi connectivity index (χ1) is 13.1. The molecule has 0 saturated carbocycles. The molecule has 6 nitrogen and oxygen atoms in total. The van der Waals surface area contributed by atoms with E-state index in [1.165, 1.54) is 12.1 Å². The number of morpholine rings is 1. The van der Waals surface area contributed by atoms with Gasteiger partial charge in [-0.2, -0.15) is 0 Å². The molecule has 1 aromatic rings. The maximum atomic E-state index is 13.2. The number of hydrogen-bond donors (Lipinski definition) is 2. The van der Waals surface area contributed by atoms with Gasteiger partial charge in [0.1, 0.15) is 5.82 Å². The van der Waals surface area contributed by atoms with Crippen LogP contribution in [0.5, 0.6) is 0 Å². The number of hydrogen-bond acceptors (Lipinski definition) is 4. The molecule has 0 radical (unpaired) electrons. The van der Waals surface area contributed by atoms with Gasteiger partial charge in [0.05, 0.1) is 25.8 Å². The molecule has 0 aliphatic carbocycles. The van der Waals surface area contributed by atoms with Crippen LogP contribution >= 0.6 is 0 Å². The number of ether oxygens (including phenoxy) is 1. The number of likely N-dealkylation sites (N-methyl/N-ethyl adjacent to an activating group) is 1. The van der Waals surface area contributed by atoms with Crippen molar-refractivity contribution in [1.29, 1.82) is 0 Å². The zero-order chi connectivity index (χ0) is 19.5.